The first-order valence-electron chi connectivity index (χ1n) is 7.76. The molecule has 0 fully saturated rings. The lowest BCUT2D eigenvalue weighted by atomic mass is 10.2. The first-order valence-corrected chi connectivity index (χ1v) is 9.60. The van der Waals surface area contributed by atoms with Gasteiger partial charge in [0.25, 0.3) is 5.91 Å². The highest BCUT2D eigenvalue weighted by Crippen LogP contribution is 2.32. The number of ether oxygens (including phenoxy) is 2. The molecule has 2 aromatic carbocycles. The largest absolute Gasteiger partial charge is 0.454 e. The molecule has 1 aliphatic rings. The van der Waals surface area contributed by atoms with Crippen LogP contribution in [0.2, 0.25) is 0 Å². The summed E-state index contributed by atoms with van der Waals surface area (Å²) in [6.07, 6.45) is 1.03. The molecule has 0 spiro atoms. The molecule has 0 saturated carbocycles. The summed E-state index contributed by atoms with van der Waals surface area (Å²) in [6.45, 7) is 0.132. The minimum atomic E-state index is -3.63. The lowest BCUT2D eigenvalue weighted by molar-refractivity contribution is 0.0954. The molecule has 1 heterocycles. The lowest BCUT2D eigenvalue weighted by Gasteiger charge is -2.22. The Morgan fingerprint density at radius 1 is 1.19 bits per heavy atom. The monoisotopic (exact) mass is 380 g/mol. The van der Waals surface area contributed by atoms with Gasteiger partial charge >= 0.3 is 0 Å². The number of amides is 1. The van der Waals surface area contributed by atoms with Gasteiger partial charge in [0.1, 0.15) is 5.82 Å². The molecule has 2 aromatic rings. The third kappa shape index (κ3) is 4.05. The molecule has 0 bridgehead atoms. The Balaban J connectivity index is 1.65. The van der Waals surface area contributed by atoms with Crippen LogP contribution >= 0.6 is 0 Å². The van der Waals surface area contributed by atoms with Crippen molar-refractivity contribution in [3.05, 3.63) is 53.8 Å². The normalized spacial score (nSPS) is 12.7. The van der Waals surface area contributed by atoms with E-state index in [-0.39, 0.29) is 31.5 Å². The predicted octanol–water partition coefficient (Wildman–Crippen LogP) is 1.75. The van der Waals surface area contributed by atoms with Gasteiger partial charge < -0.3 is 14.8 Å². The summed E-state index contributed by atoms with van der Waals surface area (Å²) in [6, 6.07) is 10.0. The third-order valence-corrected chi connectivity index (χ3v) is 4.93. The van der Waals surface area contributed by atoms with Crippen LogP contribution in [0.15, 0.2) is 42.5 Å². The molecule has 138 valence electrons. The second-order valence-electron chi connectivity index (χ2n) is 5.64. The maximum absolute atomic E-state index is 13.4. The summed E-state index contributed by atoms with van der Waals surface area (Å²) >= 11 is 0. The van der Waals surface area contributed by atoms with Crippen LogP contribution < -0.4 is 19.1 Å². The number of benzene rings is 2. The highest BCUT2D eigenvalue weighted by atomic mass is 32.2. The first-order chi connectivity index (χ1) is 12.3. The molecule has 0 unspecified atom stereocenters. The van der Waals surface area contributed by atoms with Gasteiger partial charge in [0, 0.05) is 12.1 Å². The van der Waals surface area contributed by atoms with Crippen LogP contribution in [-0.4, -0.2) is 40.5 Å². The molecule has 0 saturated heterocycles. The molecule has 0 aromatic heterocycles. The van der Waals surface area contributed by atoms with Gasteiger partial charge in [-0.25, -0.2) is 12.8 Å². The number of halogens is 1. The molecule has 0 radical (unpaired) electrons. The number of hydrogen-bond acceptors (Lipinski definition) is 5. The summed E-state index contributed by atoms with van der Waals surface area (Å²) in [7, 11) is -3.63. The molecule has 26 heavy (non-hydrogen) atoms. The van der Waals surface area contributed by atoms with Gasteiger partial charge in [-0.05, 0) is 36.4 Å². The van der Waals surface area contributed by atoms with E-state index in [1.807, 2.05) is 0 Å². The van der Waals surface area contributed by atoms with E-state index in [1.165, 1.54) is 18.2 Å². The fraction of sp³-hybridized carbons (Fsp3) is 0.235. The molecule has 3 rings (SSSR count). The highest BCUT2D eigenvalue weighted by molar-refractivity contribution is 7.92. The van der Waals surface area contributed by atoms with Crippen molar-refractivity contribution in [3.63, 3.8) is 0 Å². The number of hydrogen-bond donors (Lipinski definition) is 1. The molecule has 1 amide bonds. The number of carbonyl (C=O) groups excluding carboxylic acids is 1. The minimum Gasteiger partial charge on any atom is -0.454 e. The number of nitrogens with zero attached hydrogens (tertiary/aromatic N) is 1. The fourth-order valence-corrected chi connectivity index (χ4v) is 3.45. The SMILES string of the molecule is CS(=O)(=O)N(CCNC(=O)c1ccc2c(c1)OCO2)c1cccc(F)c1. The third-order valence-electron chi connectivity index (χ3n) is 3.73. The van der Waals surface area contributed by atoms with E-state index in [2.05, 4.69) is 5.32 Å². The van der Waals surface area contributed by atoms with Crippen LogP contribution in [0.25, 0.3) is 0 Å². The molecule has 7 nitrogen and oxygen atoms in total. The van der Waals surface area contributed by atoms with Crippen molar-refractivity contribution in [2.45, 2.75) is 0 Å². The average molecular weight is 380 g/mol. The van der Waals surface area contributed by atoms with Crippen LogP contribution in [0, 0.1) is 5.82 Å². The van der Waals surface area contributed by atoms with Gasteiger partial charge in [-0.15, -0.1) is 0 Å². The predicted molar refractivity (Wildman–Crippen MR) is 93.5 cm³/mol. The maximum atomic E-state index is 13.4. The summed E-state index contributed by atoms with van der Waals surface area (Å²) < 4.78 is 48.8. The van der Waals surface area contributed by atoms with Crippen LogP contribution in [0.4, 0.5) is 10.1 Å². The van der Waals surface area contributed by atoms with Crippen molar-refractivity contribution >= 4 is 21.6 Å². The Kier molecular flexibility index (Phi) is 4.99. The Labute approximate surface area is 150 Å². The van der Waals surface area contributed by atoms with E-state index in [9.17, 15) is 17.6 Å². The van der Waals surface area contributed by atoms with Gasteiger partial charge in [0.15, 0.2) is 11.5 Å². The molecular formula is C17H17FN2O5S. The van der Waals surface area contributed by atoms with Gasteiger partial charge in [-0.2, -0.15) is 0 Å². The zero-order valence-electron chi connectivity index (χ0n) is 13.9. The molecule has 1 N–H and O–H groups in total. The van der Waals surface area contributed by atoms with Gasteiger partial charge in [0.05, 0.1) is 18.5 Å². The number of carbonyl (C=O) groups is 1. The topological polar surface area (TPSA) is 84.9 Å². The summed E-state index contributed by atoms with van der Waals surface area (Å²) in [5.41, 5.74) is 0.565. The first kappa shape index (κ1) is 18.0. The van der Waals surface area contributed by atoms with E-state index < -0.39 is 15.8 Å². The van der Waals surface area contributed by atoms with Gasteiger partial charge in [-0.1, -0.05) is 6.07 Å². The summed E-state index contributed by atoms with van der Waals surface area (Å²) in [5.74, 6) is 0.127. The van der Waals surface area contributed by atoms with Crippen LogP contribution in [0.3, 0.4) is 0 Å². The van der Waals surface area contributed by atoms with Crippen LogP contribution in [0.5, 0.6) is 11.5 Å². The number of anilines is 1. The van der Waals surface area contributed by atoms with Crippen molar-refractivity contribution in [1.82, 2.24) is 5.32 Å². The molecule has 9 heteroatoms. The Morgan fingerprint density at radius 3 is 2.69 bits per heavy atom. The Bertz CT molecular complexity index is 933. The smallest absolute Gasteiger partial charge is 0.251 e. The maximum Gasteiger partial charge on any atom is 0.251 e. The zero-order valence-corrected chi connectivity index (χ0v) is 14.8. The standard InChI is InChI=1S/C17H17FN2O5S/c1-26(22,23)20(14-4-2-3-13(18)10-14)8-7-19-17(21)12-5-6-15-16(9-12)25-11-24-15/h2-6,9-10H,7-8,11H2,1H3,(H,19,21). The quantitative estimate of drug-likeness (QED) is 0.825. The van der Waals surface area contributed by atoms with Crippen molar-refractivity contribution in [2.75, 3.05) is 30.4 Å². The van der Waals surface area contributed by atoms with Crippen molar-refractivity contribution in [1.29, 1.82) is 0 Å². The van der Waals surface area contributed by atoms with E-state index in [4.69, 9.17) is 9.47 Å². The highest BCUT2D eigenvalue weighted by Gasteiger charge is 2.19. The molecule has 0 aliphatic carbocycles. The average Bonchev–Trinajstić information content (AvgIpc) is 3.05. The summed E-state index contributed by atoms with van der Waals surface area (Å²) in [4.78, 5) is 12.2. The molecule has 1 aliphatic heterocycles. The van der Waals surface area contributed by atoms with Gasteiger partial charge in [0.2, 0.25) is 16.8 Å². The Morgan fingerprint density at radius 2 is 1.96 bits per heavy atom. The van der Waals surface area contributed by atoms with Gasteiger partial charge in [-0.3, -0.25) is 9.10 Å². The Hall–Kier alpha value is -2.81. The number of fused-ring (bicyclic) bond motifs is 1. The van der Waals surface area contributed by atoms with E-state index >= 15 is 0 Å². The second-order valence-corrected chi connectivity index (χ2v) is 7.55. The number of nitrogens with one attached hydrogen (secondary N) is 1. The fourth-order valence-electron chi connectivity index (χ4n) is 2.53. The van der Waals surface area contributed by atoms with E-state index in [0.717, 1.165) is 16.6 Å². The molecular weight excluding hydrogens is 363 g/mol. The number of rotatable bonds is 6. The summed E-state index contributed by atoms with van der Waals surface area (Å²) in [5, 5.41) is 2.64. The van der Waals surface area contributed by atoms with Crippen LogP contribution in [0.1, 0.15) is 10.4 Å². The van der Waals surface area contributed by atoms with Crippen molar-refractivity contribution in [3.8, 4) is 11.5 Å². The number of sulfonamides is 1. The lowest BCUT2D eigenvalue weighted by Crippen LogP contribution is -2.38. The van der Waals surface area contributed by atoms with Crippen molar-refractivity contribution in [2.24, 2.45) is 0 Å². The van der Waals surface area contributed by atoms with E-state index in [0.29, 0.717) is 17.1 Å². The zero-order chi connectivity index (χ0) is 18.7. The minimum absolute atomic E-state index is 0.0292. The van der Waals surface area contributed by atoms with E-state index in [1.54, 1.807) is 18.2 Å². The molecule has 0 atom stereocenters. The van der Waals surface area contributed by atoms with Crippen LogP contribution in [-0.2, 0) is 10.0 Å². The second kappa shape index (κ2) is 7.20. The van der Waals surface area contributed by atoms with Crippen molar-refractivity contribution < 1.29 is 27.1 Å².